The zero-order valence-electron chi connectivity index (χ0n) is 15.8. The Balaban J connectivity index is 0.00000196. The molecule has 3 rings (SSSR count). The van der Waals surface area contributed by atoms with Crippen molar-refractivity contribution in [1.82, 2.24) is 20.2 Å². The summed E-state index contributed by atoms with van der Waals surface area (Å²) in [4.78, 5) is 28.6. The van der Waals surface area contributed by atoms with E-state index in [1.165, 1.54) is 0 Å². The summed E-state index contributed by atoms with van der Waals surface area (Å²) in [6.07, 6.45) is 7.56. The van der Waals surface area contributed by atoms with Gasteiger partial charge in [0.2, 0.25) is 5.91 Å². The van der Waals surface area contributed by atoms with E-state index < -0.39 is 0 Å². The minimum absolute atomic E-state index is 0. The van der Waals surface area contributed by atoms with Gasteiger partial charge < -0.3 is 20.5 Å². The number of benzene rings is 1. The van der Waals surface area contributed by atoms with E-state index >= 15 is 0 Å². The number of hydrogen-bond donors (Lipinski definition) is 3. The van der Waals surface area contributed by atoms with E-state index in [0.717, 1.165) is 19.4 Å². The number of aryl methyl sites for hydroxylation is 1. The Morgan fingerprint density at radius 1 is 1.32 bits per heavy atom. The molecule has 1 aliphatic heterocycles. The van der Waals surface area contributed by atoms with Gasteiger partial charge in [-0.25, -0.2) is 4.98 Å². The molecular weight excluding hydrogens is 401 g/mol. The number of rotatable bonds is 6. The normalized spacial score (nSPS) is 18.3. The number of carbonyl (C=O) groups is 2. The highest BCUT2D eigenvalue weighted by Gasteiger charge is 2.22. The molecule has 1 aliphatic rings. The maximum atomic E-state index is 12.5. The van der Waals surface area contributed by atoms with Crippen molar-refractivity contribution < 1.29 is 9.59 Å². The molecule has 1 aromatic heterocycles. The molecule has 1 saturated heterocycles. The Bertz CT molecular complexity index is 755. The quantitative estimate of drug-likeness (QED) is 0.660. The number of carbonyl (C=O) groups excluding carboxylic acids is 2. The number of anilines is 1. The van der Waals surface area contributed by atoms with Crippen LogP contribution < -0.4 is 16.0 Å². The monoisotopic (exact) mass is 427 g/mol. The molecule has 0 saturated carbocycles. The van der Waals surface area contributed by atoms with Gasteiger partial charge in [0, 0.05) is 48.7 Å². The second-order valence-corrected chi connectivity index (χ2v) is 6.64. The van der Waals surface area contributed by atoms with E-state index in [1.807, 2.05) is 10.8 Å². The second-order valence-electron chi connectivity index (χ2n) is 6.64. The lowest BCUT2D eigenvalue weighted by Gasteiger charge is -2.30. The lowest BCUT2D eigenvalue weighted by Crippen LogP contribution is -2.51. The number of aromatic nitrogens is 2. The molecule has 0 spiro atoms. The minimum Gasteiger partial charge on any atom is -0.348 e. The Labute approximate surface area is 177 Å². The van der Waals surface area contributed by atoms with Gasteiger partial charge in [-0.1, -0.05) is 6.07 Å². The standard InChI is InChI=1S/C19H25N5O2.2ClH/c1-14-17(6-3-8-21-14)23-19(26)15-4-2-5-16(12-15)22-18(25)7-10-24-11-9-20-13-24;;/h2,4-5,9,11-14,17,21H,3,6-8,10H2,1H3,(H,22,25)(H,23,26);2*1H. The van der Waals surface area contributed by atoms with Crippen LogP contribution in [0.25, 0.3) is 0 Å². The van der Waals surface area contributed by atoms with E-state index in [-0.39, 0.29) is 48.7 Å². The predicted octanol–water partition coefficient (Wildman–Crippen LogP) is 2.63. The smallest absolute Gasteiger partial charge is 0.251 e. The van der Waals surface area contributed by atoms with Crippen LogP contribution in [0.4, 0.5) is 5.69 Å². The van der Waals surface area contributed by atoms with Crippen molar-refractivity contribution in [3.63, 3.8) is 0 Å². The number of nitrogens with one attached hydrogen (secondary N) is 3. The third kappa shape index (κ3) is 6.82. The molecule has 2 heterocycles. The summed E-state index contributed by atoms with van der Waals surface area (Å²) in [6.45, 7) is 3.65. The van der Waals surface area contributed by atoms with Gasteiger partial charge >= 0.3 is 0 Å². The fourth-order valence-electron chi connectivity index (χ4n) is 3.10. The maximum Gasteiger partial charge on any atom is 0.251 e. The highest BCUT2D eigenvalue weighted by Crippen LogP contribution is 2.13. The molecule has 2 amide bonds. The number of halogens is 2. The first kappa shape index (κ1) is 23.9. The summed E-state index contributed by atoms with van der Waals surface area (Å²) >= 11 is 0. The molecule has 154 valence electrons. The zero-order chi connectivity index (χ0) is 18.4. The zero-order valence-corrected chi connectivity index (χ0v) is 17.4. The Morgan fingerprint density at radius 2 is 2.14 bits per heavy atom. The number of piperidine rings is 1. The summed E-state index contributed by atoms with van der Waals surface area (Å²) in [6, 6.07) is 7.44. The largest absolute Gasteiger partial charge is 0.348 e. The molecule has 1 fully saturated rings. The first-order chi connectivity index (χ1) is 12.6. The van der Waals surface area contributed by atoms with Crippen LogP contribution in [0.3, 0.4) is 0 Å². The maximum absolute atomic E-state index is 12.5. The summed E-state index contributed by atoms with van der Waals surface area (Å²) in [7, 11) is 0. The van der Waals surface area contributed by atoms with Gasteiger partial charge in [-0.2, -0.15) is 0 Å². The summed E-state index contributed by atoms with van der Waals surface area (Å²) in [5, 5.41) is 9.31. The summed E-state index contributed by atoms with van der Waals surface area (Å²) < 4.78 is 1.85. The van der Waals surface area contributed by atoms with Crippen LogP contribution >= 0.6 is 24.8 Å². The van der Waals surface area contributed by atoms with Crippen LogP contribution in [-0.2, 0) is 11.3 Å². The molecule has 0 aliphatic carbocycles. The lowest BCUT2D eigenvalue weighted by atomic mass is 9.99. The first-order valence-electron chi connectivity index (χ1n) is 9.02. The van der Waals surface area contributed by atoms with Crippen molar-refractivity contribution in [3.8, 4) is 0 Å². The van der Waals surface area contributed by atoms with Crippen LogP contribution in [0.15, 0.2) is 43.0 Å². The van der Waals surface area contributed by atoms with Crippen LogP contribution in [0, 0.1) is 0 Å². The van der Waals surface area contributed by atoms with Gasteiger partial charge in [0.1, 0.15) is 0 Å². The Kier molecular flexibility index (Phi) is 9.99. The van der Waals surface area contributed by atoms with E-state index in [2.05, 4.69) is 27.9 Å². The van der Waals surface area contributed by atoms with Gasteiger partial charge in [-0.15, -0.1) is 24.8 Å². The molecule has 28 heavy (non-hydrogen) atoms. The first-order valence-corrected chi connectivity index (χ1v) is 9.02. The average molecular weight is 428 g/mol. The molecule has 7 nitrogen and oxygen atoms in total. The number of amides is 2. The summed E-state index contributed by atoms with van der Waals surface area (Å²) in [5.41, 5.74) is 1.18. The summed E-state index contributed by atoms with van der Waals surface area (Å²) in [5.74, 6) is -0.207. The average Bonchev–Trinajstić information content (AvgIpc) is 3.16. The van der Waals surface area contributed by atoms with Crippen LogP contribution in [0.5, 0.6) is 0 Å². The van der Waals surface area contributed by atoms with Crippen molar-refractivity contribution in [1.29, 1.82) is 0 Å². The van der Waals surface area contributed by atoms with Crippen LogP contribution in [-0.4, -0.2) is 40.0 Å². The number of nitrogens with zero attached hydrogens (tertiary/aromatic N) is 2. The van der Waals surface area contributed by atoms with Crippen molar-refractivity contribution in [2.75, 3.05) is 11.9 Å². The van der Waals surface area contributed by atoms with Gasteiger partial charge in [0.15, 0.2) is 0 Å². The molecule has 2 atom stereocenters. The Morgan fingerprint density at radius 3 is 2.86 bits per heavy atom. The van der Waals surface area contributed by atoms with Crippen molar-refractivity contribution in [2.45, 2.75) is 44.8 Å². The lowest BCUT2D eigenvalue weighted by molar-refractivity contribution is -0.116. The molecular formula is C19H27Cl2N5O2. The Hall–Kier alpha value is -2.09. The molecule has 1 aromatic carbocycles. The molecule has 0 radical (unpaired) electrons. The van der Waals surface area contributed by atoms with Gasteiger partial charge in [0.05, 0.1) is 6.33 Å². The van der Waals surface area contributed by atoms with Crippen molar-refractivity contribution >= 4 is 42.3 Å². The minimum atomic E-state index is -0.111. The highest BCUT2D eigenvalue weighted by molar-refractivity contribution is 5.97. The number of hydrogen-bond acceptors (Lipinski definition) is 4. The molecule has 9 heteroatoms. The van der Waals surface area contributed by atoms with Crippen molar-refractivity contribution in [3.05, 3.63) is 48.5 Å². The van der Waals surface area contributed by atoms with E-state index in [4.69, 9.17) is 0 Å². The third-order valence-corrected chi connectivity index (χ3v) is 4.64. The fraction of sp³-hybridized carbons (Fsp3) is 0.421. The van der Waals surface area contributed by atoms with Crippen LogP contribution in [0.1, 0.15) is 36.5 Å². The molecule has 2 unspecified atom stereocenters. The molecule has 3 N–H and O–H groups in total. The highest BCUT2D eigenvalue weighted by atomic mass is 35.5. The van der Waals surface area contributed by atoms with Gasteiger partial charge in [-0.05, 0) is 44.5 Å². The SMILES string of the molecule is CC1NCCCC1NC(=O)c1cccc(NC(=O)CCn2ccnc2)c1.Cl.Cl. The molecule has 0 bridgehead atoms. The van der Waals surface area contributed by atoms with Gasteiger partial charge in [0.25, 0.3) is 5.91 Å². The topological polar surface area (TPSA) is 88.0 Å². The van der Waals surface area contributed by atoms with E-state index in [9.17, 15) is 9.59 Å². The third-order valence-electron chi connectivity index (χ3n) is 4.64. The molecule has 2 aromatic rings. The van der Waals surface area contributed by atoms with E-state index in [1.54, 1.807) is 36.8 Å². The van der Waals surface area contributed by atoms with Crippen molar-refractivity contribution in [2.24, 2.45) is 0 Å². The predicted molar refractivity (Wildman–Crippen MR) is 114 cm³/mol. The number of imidazole rings is 1. The fourth-order valence-corrected chi connectivity index (χ4v) is 3.10. The second kappa shape index (κ2) is 11.7. The van der Waals surface area contributed by atoms with Crippen LogP contribution in [0.2, 0.25) is 0 Å². The van der Waals surface area contributed by atoms with Gasteiger partial charge in [-0.3, -0.25) is 9.59 Å². The van der Waals surface area contributed by atoms with E-state index in [0.29, 0.717) is 24.2 Å².